The molecule has 1 rings (SSSR count). The summed E-state index contributed by atoms with van der Waals surface area (Å²) in [6.45, 7) is 5.06. The van der Waals surface area contributed by atoms with Crippen LogP contribution >= 0.6 is 0 Å². The Kier molecular flexibility index (Phi) is 7.78. The van der Waals surface area contributed by atoms with Crippen LogP contribution in [0.5, 0.6) is 0 Å². The molecule has 0 unspecified atom stereocenters. The molecule has 1 aromatic rings. The summed E-state index contributed by atoms with van der Waals surface area (Å²) in [5.41, 5.74) is 0.346. The van der Waals surface area contributed by atoms with Crippen molar-refractivity contribution in [3.63, 3.8) is 0 Å². The lowest BCUT2D eigenvalue weighted by atomic mass is 10.0. The third-order valence-corrected chi connectivity index (χ3v) is 5.17. The highest BCUT2D eigenvalue weighted by atomic mass is 32.2. The topological polar surface area (TPSA) is 80.2 Å². The van der Waals surface area contributed by atoms with E-state index >= 15 is 0 Å². The van der Waals surface area contributed by atoms with E-state index in [2.05, 4.69) is 23.9 Å². The lowest BCUT2D eigenvalue weighted by Gasteiger charge is -2.06. The molecular weight excluding hydrogens is 314 g/mol. The number of carbonyl (C=O) groups is 1. The van der Waals surface area contributed by atoms with Crippen molar-refractivity contribution in [3.05, 3.63) is 18.0 Å². The van der Waals surface area contributed by atoms with Crippen molar-refractivity contribution in [1.29, 1.82) is 0 Å². The van der Waals surface area contributed by atoms with E-state index in [0.29, 0.717) is 12.2 Å². The number of hydrogen-bond acceptors (Lipinski definition) is 3. The highest BCUT2D eigenvalue weighted by Gasteiger charge is 2.18. The standard InChI is InChI=1S/C16H29N3O3S/c1-13(2)9-7-5-6-8-10-18-16(20)15-11-14(12-19(15)4)23(21,22)17-3/h11-13,17H,5-10H2,1-4H3,(H,18,20). The largest absolute Gasteiger partial charge is 0.351 e. The van der Waals surface area contributed by atoms with Gasteiger partial charge in [-0.2, -0.15) is 0 Å². The number of unbranched alkanes of at least 4 members (excludes halogenated alkanes) is 3. The first-order valence-electron chi connectivity index (χ1n) is 8.16. The quantitative estimate of drug-likeness (QED) is 0.640. The Balaban J connectivity index is 2.41. The zero-order valence-electron chi connectivity index (χ0n) is 14.6. The highest BCUT2D eigenvalue weighted by Crippen LogP contribution is 2.13. The van der Waals surface area contributed by atoms with Crippen LogP contribution in [0.15, 0.2) is 17.2 Å². The SMILES string of the molecule is CNS(=O)(=O)c1cc(C(=O)NCCCCCCC(C)C)n(C)c1. The number of aromatic nitrogens is 1. The summed E-state index contributed by atoms with van der Waals surface area (Å²) in [5, 5.41) is 2.85. The molecule has 0 radical (unpaired) electrons. The number of nitrogens with zero attached hydrogens (tertiary/aromatic N) is 1. The molecule has 1 heterocycles. The summed E-state index contributed by atoms with van der Waals surface area (Å²) in [6, 6.07) is 1.39. The molecule has 0 spiro atoms. The summed E-state index contributed by atoms with van der Waals surface area (Å²) in [4.78, 5) is 12.2. The van der Waals surface area contributed by atoms with Crippen LogP contribution in [0.4, 0.5) is 0 Å². The maximum absolute atomic E-state index is 12.1. The Labute approximate surface area is 139 Å². The molecule has 0 saturated heterocycles. The molecule has 0 fully saturated rings. The number of amides is 1. The Morgan fingerprint density at radius 2 is 1.87 bits per heavy atom. The minimum absolute atomic E-state index is 0.0985. The fourth-order valence-electron chi connectivity index (χ4n) is 2.35. The van der Waals surface area contributed by atoms with Crippen molar-refractivity contribution >= 4 is 15.9 Å². The second-order valence-corrected chi connectivity index (χ2v) is 8.12. The molecule has 0 aromatic carbocycles. The minimum Gasteiger partial charge on any atom is -0.351 e. The van der Waals surface area contributed by atoms with Crippen LogP contribution in [0.3, 0.4) is 0 Å². The fourth-order valence-corrected chi connectivity index (χ4v) is 3.15. The van der Waals surface area contributed by atoms with Crippen LogP contribution in [-0.4, -0.2) is 32.5 Å². The van der Waals surface area contributed by atoms with Gasteiger partial charge in [0.15, 0.2) is 0 Å². The number of aryl methyl sites for hydroxylation is 1. The van der Waals surface area contributed by atoms with Crippen molar-refractivity contribution < 1.29 is 13.2 Å². The summed E-state index contributed by atoms with van der Waals surface area (Å²) in [5.74, 6) is 0.502. The molecule has 7 heteroatoms. The van der Waals surface area contributed by atoms with Gasteiger partial charge >= 0.3 is 0 Å². The first-order chi connectivity index (χ1) is 10.8. The number of sulfonamides is 1. The Bertz CT molecular complexity index is 606. The van der Waals surface area contributed by atoms with Crippen LogP contribution in [0.1, 0.15) is 56.4 Å². The van der Waals surface area contributed by atoms with Crippen molar-refractivity contribution in [2.75, 3.05) is 13.6 Å². The normalized spacial score (nSPS) is 11.9. The first kappa shape index (κ1) is 19.7. The summed E-state index contributed by atoms with van der Waals surface area (Å²) < 4.78 is 27.3. The molecule has 6 nitrogen and oxygen atoms in total. The Morgan fingerprint density at radius 3 is 2.48 bits per heavy atom. The Morgan fingerprint density at radius 1 is 1.22 bits per heavy atom. The molecule has 0 aliphatic heterocycles. The molecule has 1 aromatic heterocycles. The van der Waals surface area contributed by atoms with Crippen LogP contribution in [-0.2, 0) is 17.1 Å². The summed E-state index contributed by atoms with van der Waals surface area (Å²) in [7, 11) is -0.516. The lowest BCUT2D eigenvalue weighted by Crippen LogP contribution is -2.26. The van der Waals surface area contributed by atoms with Crippen LogP contribution in [0.25, 0.3) is 0 Å². The average Bonchev–Trinajstić information content (AvgIpc) is 2.88. The number of hydrogen-bond donors (Lipinski definition) is 2. The zero-order chi connectivity index (χ0) is 17.5. The van der Waals surface area contributed by atoms with Crippen LogP contribution in [0, 0.1) is 5.92 Å². The molecule has 1 amide bonds. The molecule has 0 atom stereocenters. The van der Waals surface area contributed by atoms with Crippen LogP contribution in [0.2, 0.25) is 0 Å². The first-order valence-corrected chi connectivity index (χ1v) is 9.64. The monoisotopic (exact) mass is 343 g/mol. The Hall–Kier alpha value is -1.34. The molecule has 132 valence electrons. The highest BCUT2D eigenvalue weighted by molar-refractivity contribution is 7.89. The van der Waals surface area contributed by atoms with Gasteiger partial charge in [0.05, 0.1) is 0 Å². The number of rotatable bonds is 10. The van der Waals surface area contributed by atoms with Gasteiger partial charge in [-0.05, 0) is 25.5 Å². The number of nitrogens with one attached hydrogen (secondary N) is 2. The van der Waals surface area contributed by atoms with E-state index < -0.39 is 10.0 Å². The van der Waals surface area contributed by atoms with Crippen molar-refractivity contribution in [2.24, 2.45) is 13.0 Å². The minimum atomic E-state index is -3.53. The van der Waals surface area contributed by atoms with Gasteiger partial charge in [-0.1, -0.05) is 39.5 Å². The summed E-state index contributed by atoms with van der Waals surface area (Å²) in [6.07, 6.45) is 7.14. The smallest absolute Gasteiger partial charge is 0.267 e. The van der Waals surface area contributed by atoms with E-state index in [0.717, 1.165) is 18.8 Å². The molecular formula is C16H29N3O3S. The second kappa shape index (κ2) is 9.08. The molecule has 0 aliphatic rings. The van der Waals surface area contributed by atoms with E-state index in [1.165, 1.54) is 43.1 Å². The fraction of sp³-hybridized carbons (Fsp3) is 0.688. The maximum atomic E-state index is 12.1. The predicted molar refractivity (Wildman–Crippen MR) is 91.9 cm³/mol. The van der Waals surface area contributed by atoms with Crippen LogP contribution < -0.4 is 10.0 Å². The van der Waals surface area contributed by atoms with Gasteiger partial charge in [-0.25, -0.2) is 13.1 Å². The van der Waals surface area contributed by atoms with Gasteiger partial charge in [0, 0.05) is 19.8 Å². The van der Waals surface area contributed by atoms with Crippen molar-refractivity contribution in [2.45, 2.75) is 50.8 Å². The van der Waals surface area contributed by atoms with Gasteiger partial charge in [0.2, 0.25) is 10.0 Å². The van der Waals surface area contributed by atoms with E-state index in [1.807, 2.05) is 0 Å². The predicted octanol–water partition coefficient (Wildman–Crippen LogP) is 2.27. The van der Waals surface area contributed by atoms with Gasteiger partial charge in [-0.3, -0.25) is 4.79 Å². The van der Waals surface area contributed by atoms with Gasteiger partial charge in [0.1, 0.15) is 10.6 Å². The van der Waals surface area contributed by atoms with Gasteiger partial charge in [0.25, 0.3) is 5.91 Å². The molecule has 23 heavy (non-hydrogen) atoms. The van der Waals surface area contributed by atoms with E-state index in [4.69, 9.17) is 0 Å². The molecule has 2 N–H and O–H groups in total. The third kappa shape index (κ3) is 6.35. The van der Waals surface area contributed by atoms with E-state index in [9.17, 15) is 13.2 Å². The zero-order valence-corrected chi connectivity index (χ0v) is 15.4. The lowest BCUT2D eigenvalue weighted by molar-refractivity contribution is 0.0945. The van der Waals surface area contributed by atoms with Crippen molar-refractivity contribution in [1.82, 2.24) is 14.6 Å². The van der Waals surface area contributed by atoms with E-state index in [1.54, 1.807) is 7.05 Å². The van der Waals surface area contributed by atoms with Gasteiger partial charge < -0.3 is 9.88 Å². The van der Waals surface area contributed by atoms with Gasteiger partial charge in [-0.15, -0.1) is 0 Å². The maximum Gasteiger partial charge on any atom is 0.267 e. The number of carbonyl (C=O) groups excluding carboxylic acids is 1. The van der Waals surface area contributed by atoms with E-state index in [-0.39, 0.29) is 10.8 Å². The van der Waals surface area contributed by atoms with Crippen molar-refractivity contribution in [3.8, 4) is 0 Å². The summed E-state index contributed by atoms with van der Waals surface area (Å²) >= 11 is 0. The average molecular weight is 343 g/mol. The molecule has 0 aliphatic carbocycles. The second-order valence-electron chi connectivity index (χ2n) is 6.23. The third-order valence-electron chi connectivity index (χ3n) is 3.79. The molecule has 0 saturated carbocycles. The molecule has 0 bridgehead atoms.